The molecule has 0 aliphatic carbocycles. The Morgan fingerprint density at radius 3 is 2.60 bits per heavy atom. The monoisotopic (exact) mass is 270 g/mol. The van der Waals surface area contributed by atoms with E-state index in [9.17, 15) is 4.79 Å². The molecule has 2 aromatic rings. The van der Waals surface area contributed by atoms with Crippen molar-refractivity contribution in [2.24, 2.45) is 0 Å². The van der Waals surface area contributed by atoms with Crippen LogP contribution in [0.2, 0.25) is 0 Å². The summed E-state index contributed by atoms with van der Waals surface area (Å²) in [6.07, 6.45) is 3.08. The summed E-state index contributed by atoms with van der Waals surface area (Å²) in [5.41, 5.74) is 2.26. The number of hydrogen-bond acceptors (Lipinski definition) is 4. The van der Waals surface area contributed by atoms with Gasteiger partial charge in [0.2, 0.25) is 0 Å². The van der Waals surface area contributed by atoms with E-state index < -0.39 is 0 Å². The van der Waals surface area contributed by atoms with E-state index in [-0.39, 0.29) is 5.91 Å². The number of hydrogen-bond donors (Lipinski definition) is 1. The maximum atomic E-state index is 11.8. The highest BCUT2D eigenvalue weighted by molar-refractivity contribution is 5.91. The normalized spacial score (nSPS) is 10.1. The summed E-state index contributed by atoms with van der Waals surface area (Å²) in [6, 6.07) is 10.0. The van der Waals surface area contributed by atoms with Crippen LogP contribution in [-0.4, -0.2) is 36.0 Å². The summed E-state index contributed by atoms with van der Waals surface area (Å²) in [6.45, 7) is 3.12. The fourth-order valence-corrected chi connectivity index (χ4v) is 1.75. The molecular weight excluding hydrogens is 252 g/mol. The first-order valence-corrected chi connectivity index (χ1v) is 6.50. The molecule has 0 spiro atoms. The van der Waals surface area contributed by atoms with Gasteiger partial charge in [-0.2, -0.15) is 0 Å². The zero-order valence-corrected chi connectivity index (χ0v) is 11.7. The number of anilines is 1. The molecule has 0 saturated carbocycles. The zero-order valence-electron chi connectivity index (χ0n) is 11.7. The van der Waals surface area contributed by atoms with Crippen molar-refractivity contribution in [3.8, 4) is 0 Å². The number of likely N-dealkylation sites (N-methyl/N-ethyl adjacent to an activating group) is 1. The van der Waals surface area contributed by atoms with Crippen molar-refractivity contribution < 1.29 is 4.79 Å². The van der Waals surface area contributed by atoms with Gasteiger partial charge in [-0.25, -0.2) is 4.98 Å². The molecular formula is C15H18N4O. The quantitative estimate of drug-likeness (QED) is 0.897. The van der Waals surface area contributed by atoms with E-state index in [1.807, 2.05) is 44.3 Å². The van der Waals surface area contributed by atoms with Gasteiger partial charge in [-0.1, -0.05) is 18.2 Å². The molecule has 1 aromatic carbocycles. The van der Waals surface area contributed by atoms with Crippen LogP contribution in [0, 0.1) is 6.92 Å². The molecule has 0 unspecified atom stereocenters. The first kappa shape index (κ1) is 14.0. The highest BCUT2D eigenvalue weighted by Crippen LogP contribution is 2.09. The highest BCUT2D eigenvalue weighted by atomic mass is 16.1. The van der Waals surface area contributed by atoms with E-state index in [1.54, 1.807) is 6.20 Å². The predicted molar refractivity (Wildman–Crippen MR) is 78.8 cm³/mol. The zero-order chi connectivity index (χ0) is 14.4. The molecule has 1 aromatic heterocycles. The summed E-state index contributed by atoms with van der Waals surface area (Å²) in [7, 11) is 1.99. The molecule has 1 heterocycles. The second-order valence-electron chi connectivity index (χ2n) is 4.56. The van der Waals surface area contributed by atoms with Crippen molar-refractivity contribution in [3.63, 3.8) is 0 Å². The standard InChI is InChI=1S/C15H18N4O/c1-12-10-18-14(11-17-12)15(20)16-8-9-19(2)13-6-4-3-5-7-13/h3-7,10-11H,8-9H2,1-2H3,(H,16,20). The maximum absolute atomic E-state index is 11.8. The molecule has 5 nitrogen and oxygen atoms in total. The van der Waals surface area contributed by atoms with Crippen LogP contribution in [0.25, 0.3) is 0 Å². The van der Waals surface area contributed by atoms with E-state index >= 15 is 0 Å². The number of nitrogens with one attached hydrogen (secondary N) is 1. The third-order valence-electron chi connectivity index (χ3n) is 2.94. The molecule has 0 fully saturated rings. The Morgan fingerprint density at radius 2 is 1.95 bits per heavy atom. The summed E-state index contributed by atoms with van der Waals surface area (Å²) in [4.78, 5) is 22.0. The molecule has 0 aliphatic heterocycles. The number of rotatable bonds is 5. The number of aromatic nitrogens is 2. The molecule has 0 saturated heterocycles. The number of benzene rings is 1. The summed E-state index contributed by atoms with van der Waals surface area (Å²) >= 11 is 0. The van der Waals surface area contributed by atoms with Gasteiger partial charge in [-0.3, -0.25) is 9.78 Å². The minimum atomic E-state index is -0.195. The number of amides is 1. The van der Waals surface area contributed by atoms with Crippen LogP contribution >= 0.6 is 0 Å². The first-order chi connectivity index (χ1) is 9.66. The van der Waals surface area contributed by atoms with Crippen LogP contribution in [0.4, 0.5) is 5.69 Å². The van der Waals surface area contributed by atoms with Crippen molar-refractivity contribution in [2.45, 2.75) is 6.92 Å². The molecule has 5 heteroatoms. The molecule has 0 radical (unpaired) electrons. The second-order valence-corrected chi connectivity index (χ2v) is 4.56. The predicted octanol–water partition coefficient (Wildman–Crippen LogP) is 1.65. The Labute approximate surface area is 118 Å². The van der Waals surface area contributed by atoms with E-state index in [0.717, 1.165) is 17.9 Å². The second kappa shape index (κ2) is 6.65. The largest absolute Gasteiger partial charge is 0.373 e. The Kier molecular flexibility index (Phi) is 4.65. The summed E-state index contributed by atoms with van der Waals surface area (Å²) in [5, 5.41) is 2.84. The average molecular weight is 270 g/mol. The van der Waals surface area contributed by atoms with Crippen LogP contribution in [0.3, 0.4) is 0 Å². The third kappa shape index (κ3) is 3.78. The minimum absolute atomic E-state index is 0.195. The van der Waals surface area contributed by atoms with Crippen LogP contribution in [0.5, 0.6) is 0 Å². The lowest BCUT2D eigenvalue weighted by Gasteiger charge is -2.19. The summed E-state index contributed by atoms with van der Waals surface area (Å²) in [5.74, 6) is -0.195. The van der Waals surface area contributed by atoms with Crippen LogP contribution in [-0.2, 0) is 0 Å². The molecule has 104 valence electrons. The van der Waals surface area contributed by atoms with Crippen LogP contribution in [0.15, 0.2) is 42.7 Å². The molecule has 1 N–H and O–H groups in total. The smallest absolute Gasteiger partial charge is 0.271 e. The topological polar surface area (TPSA) is 58.1 Å². The van der Waals surface area contributed by atoms with Crippen molar-refractivity contribution in [3.05, 3.63) is 54.1 Å². The minimum Gasteiger partial charge on any atom is -0.373 e. The van der Waals surface area contributed by atoms with Gasteiger partial charge >= 0.3 is 0 Å². The molecule has 0 atom stereocenters. The summed E-state index contributed by atoms with van der Waals surface area (Å²) < 4.78 is 0. The van der Waals surface area contributed by atoms with Gasteiger partial charge in [0.05, 0.1) is 11.9 Å². The van der Waals surface area contributed by atoms with Gasteiger partial charge in [0, 0.05) is 32.0 Å². The Hall–Kier alpha value is -2.43. The van der Waals surface area contributed by atoms with Crippen LogP contribution < -0.4 is 10.2 Å². The molecule has 0 bridgehead atoms. The lowest BCUT2D eigenvalue weighted by molar-refractivity contribution is 0.0949. The van der Waals surface area contributed by atoms with Crippen LogP contribution in [0.1, 0.15) is 16.2 Å². The van der Waals surface area contributed by atoms with Gasteiger partial charge in [0.1, 0.15) is 5.69 Å². The average Bonchev–Trinajstić information content (AvgIpc) is 2.48. The van der Waals surface area contributed by atoms with Crippen molar-refractivity contribution in [2.75, 3.05) is 25.0 Å². The molecule has 2 rings (SSSR count). The van der Waals surface area contributed by atoms with Gasteiger partial charge in [0.25, 0.3) is 5.91 Å². The van der Waals surface area contributed by atoms with Crippen molar-refractivity contribution >= 4 is 11.6 Å². The Balaban J connectivity index is 1.81. The fraction of sp³-hybridized carbons (Fsp3) is 0.267. The maximum Gasteiger partial charge on any atom is 0.271 e. The lowest BCUT2D eigenvalue weighted by Crippen LogP contribution is -2.33. The van der Waals surface area contributed by atoms with Gasteiger partial charge in [-0.15, -0.1) is 0 Å². The number of carbonyl (C=O) groups excluding carboxylic acids is 1. The van der Waals surface area contributed by atoms with Gasteiger partial charge in [-0.05, 0) is 19.1 Å². The molecule has 20 heavy (non-hydrogen) atoms. The number of carbonyl (C=O) groups is 1. The van der Waals surface area contributed by atoms with E-state index in [2.05, 4.69) is 20.2 Å². The number of nitrogens with zero attached hydrogens (tertiary/aromatic N) is 3. The van der Waals surface area contributed by atoms with E-state index in [4.69, 9.17) is 0 Å². The van der Waals surface area contributed by atoms with Crippen molar-refractivity contribution in [1.82, 2.24) is 15.3 Å². The SMILES string of the molecule is Cc1cnc(C(=O)NCCN(C)c2ccccc2)cn1. The number of aryl methyl sites for hydroxylation is 1. The first-order valence-electron chi connectivity index (χ1n) is 6.50. The number of para-hydroxylation sites is 1. The Morgan fingerprint density at radius 1 is 1.20 bits per heavy atom. The van der Waals surface area contributed by atoms with Crippen molar-refractivity contribution in [1.29, 1.82) is 0 Å². The lowest BCUT2D eigenvalue weighted by atomic mass is 10.3. The highest BCUT2D eigenvalue weighted by Gasteiger charge is 2.07. The fourth-order valence-electron chi connectivity index (χ4n) is 1.75. The van der Waals surface area contributed by atoms with Gasteiger partial charge in [0.15, 0.2) is 0 Å². The van der Waals surface area contributed by atoms with E-state index in [1.165, 1.54) is 6.20 Å². The van der Waals surface area contributed by atoms with E-state index in [0.29, 0.717) is 12.2 Å². The molecule has 0 aliphatic rings. The third-order valence-corrected chi connectivity index (χ3v) is 2.94. The van der Waals surface area contributed by atoms with Gasteiger partial charge < -0.3 is 10.2 Å². The molecule has 1 amide bonds. The Bertz CT molecular complexity index is 554.